The fourth-order valence-corrected chi connectivity index (χ4v) is 4.00. The van der Waals surface area contributed by atoms with E-state index < -0.39 is 11.9 Å². The van der Waals surface area contributed by atoms with Crippen molar-refractivity contribution in [3.63, 3.8) is 0 Å². The first-order valence-corrected chi connectivity index (χ1v) is 9.57. The summed E-state index contributed by atoms with van der Waals surface area (Å²) in [7, 11) is 0. The largest absolute Gasteiger partial charge is 0.508 e. The maximum atomic E-state index is 13.5. The lowest BCUT2D eigenvalue weighted by atomic mass is 9.98. The molecule has 1 atom stereocenters. The molecule has 1 aliphatic rings. The van der Waals surface area contributed by atoms with Crippen LogP contribution in [0.5, 0.6) is 5.75 Å². The van der Waals surface area contributed by atoms with Crippen LogP contribution in [0, 0.1) is 13.8 Å². The Labute approximate surface area is 172 Å². The zero-order valence-electron chi connectivity index (χ0n) is 16.4. The SMILES string of the molecule is Cc1ccc2oc3c(c(=O)c2c1)[C@H](c1cccc(O)c1)N(c1cccc(C)n1)C3=O. The van der Waals surface area contributed by atoms with E-state index in [-0.39, 0.29) is 22.5 Å². The Bertz CT molecular complexity index is 1390. The van der Waals surface area contributed by atoms with E-state index in [2.05, 4.69) is 4.98 Å². The third kappa shape index (κ3) is 2.69. The van der Waals surface area contributed by atoms with Crippen molar-refractivity contribution < 1.29 is 14.3 Å². The number of phenols is 1. The van der Waals surface area contributed by atoms with Gasteiger partial charge in [0.1, 0.15) is 17.2 Å². The molecule has 0 bridgehead atoms. The number of anilines is 1. The summed E-state index contributed by atoms with van der Waals surface area (Å²) in [6, 6.07) is 16.5. The predicted octanol–water partition coefficient (Wildman–Crippen LogP) is 4.26. The lowest BCUT2D eigenvalue weighted by Crippen LogP contribution is -2.30. The van der Waals surface area contributed by atoms with Gasteiger partial charge in [-0.05, 0) is 55.8 Å². The number of carbonyl (C=O) groups is 1. The third-order valence-corrected chi connectivity index (χ3v) is 5.33. The molecule has 2 aromatic carbocycles. The molecule has 0 spiro atoms. The van der Waals surface area contributed by atoms with Gasteiger partial charge in [0.2, 0.25) is 5.76 Å². The molecule has 3 heterocycles. The van der Waals surface area contributed by atoms with Crippen molar-refractivity contribution in [3.8, 4) is 5.75 Å². The van der Waals surface area contributed by atoms with E-state index in [1.54, 1.807) is 42.5 Å². The zero-order chi connectivity index (χ0) is 21.0. The smallest absolute Gasteiger partial charge is 0.296 e. The monoisotopic (exact) mass is 398 g/mol. The van der Waals surface area contributed by atoms with Crippen molar-refractivity contribution >= 4 is 22.7 Å². The zero-order valence-corrected chi connectivity index (χ0v) is 16.4. The summed E-state index contributed by atoms with van der Waals surface area (Å²) in [4.78, 5) is 32.9. The number of phenolic OH excluding ortho intramolecular Hbond substituents is 1. The molecule has 0 fully saturated rings. The minimum absolute atomic E-state index is 0.00741. The first-order valence-electron chi connectivity index (χ1n) is 9.57. The van der Waals surface area contributed by atoms with Gasteiger partial charge in [0.25, 0.3) is 5.91 Å². The molecule has 30 heavy (non-hydrogen) atoms. The van der Waals surface area contributed by atoms with Gasteiger partial charge in [-0.25, -0.2) is 4.98 Å². The van der Waals surface area contributed by atoms with Gasteiger partial charge in [0.05, 0.1) is 17.0 Å². The Hall–Kier alpha value is -3.93. The fraction of sp³-hybridized carbons (Fsp3) is 0.125. The minimum atomic E-state index is -0.755. The van der Waals surface area contributed by atoms with E-state index in [9.17, 15) is 14.7 Å². The van der Waals surface area contributed by atoms with Gasteiger partial charge in [-0.3, -0.25) is 14.5 Å². The third-order valence-electron chi connectivity index (χ3n) is 5.33. The molecule has 0 unspecified atom stereocenters. The second-order valence-corrected chi connectivity index (χ2v) is 7.48. The molecule has 148 valence electrons. The Morgan fingerprint density at radius 1 is 1.00 bits per heavy atom. The molecule has 0 saturated carbocycles. The van der Waals surface area contributed by atoms with Crippen LogP contribution in [0.1, 0.15) is 39.0 Å². The standard InChI is InChI=1S/C24H18N2O4/c1-13-9-10-18-17(11-13)22(28)20-21(15-6-4-7-16(27)12-15)26(24(29)23(20)30-18)19-8-3-5-14(2)25-19/h3-12,21,27H,1-2H3/t21-/m0/s1. The van der Waals surface area contributed by atoms with Crippen molar-refractivity contribution in [3.05, 3.63) is 99.0 Å². The van der Waals surface area contributed by atoms with E-state index in [4.69, 9.17) is 4.42 Å². The number of carbonyl (C=O) groups excluding carboxylic acids is 1. The van der Waals surface area contributed by atoms with Crippen molar-refractivity contribution in [1.29, 1.82) is 0 Å². The molecule has 1 N–H and O–H groups in total. The molecular formula is C24H18N2O4. The molecule has 4 aromatic rings. The number of aromatic nitrogens is 1. The second-order valence-electron chi connectivity index (χ2n) is 7.48. The van der Waals surface area contributed by atoms with Crippen LogP contribution in [-0.2, 0) is 0 Å². The molecule has 0 aliphatic carbocycles. The highest BCUT2D eigenvalue weighted by atomic mass is 16.3. The highest BCUT2D eigenvalue weighted by molar-refractivity contribution is 6.10. The first-order chi connectivity index (χ1) is 14.4. The van der Waals surface area contributed by atoms with Gasteiger partial charge < -0.3 is 9.52 Å². The molecule has 1 amide bonds. The van der Waals surface area contributed by atoms with E-state index in [0.29, 0.717) is 22.4 Å². The Morgan fingerprint density at radius 3 is 2.57 bits per heavy atom. The summed E-state index contributed by atoms with van der Waals surface area (Å²) in [6.07, 6.45) is 0. The van der Waals surface area contributed by atoms with E-state index in [1.165, 1.54) is 4.90 Å². The minimum Gasteiger partial charge on any atom is -0.508 e. The lowest BCUT2D eigenvalue weighted by Gasteiger charge is -2.24. The van der Waals surface area contributed by atoms with Crippen LogP contribution in [0.4, 0.5) is 5.82 Å². The van der Waals surface area contributed by atoms with Crippen molar-refractivity contribution in [2.45, 2.75) is 19.9 Å². The van der Waals surface area contributed by atoms with Gasteiger partial charge in [0.15, 0.2) is 5.43 Å². The number of fused-ring (bicyclic) bond motifs is 2. The summed E-state index contributed by atoms with van der Waals surface area (Å²) < 4.78 is 5.93. The van der Waals surface area contributed by atoms with E-state index in [1.807, 2.05) is 32.0 Å². The summed E-state index contributed by atoms with van der Waals surface area (Å²) >= 11 is 0. The molecular weight excluding hydrogens is 380 g/mol. The molecule has 2 aromatic heterocycles. The maximum absolute atomic E-state index is 13.5. The molecule has 0 radical (unpaired) electrons. The first kappa shape index (κ1) is 18.1. The summed E-state index contributed by atoms with van der Waals surface area (Å²) in [5.74, 6) is 0.0370. The number of benzene rings is 2. The van der Waals surface area contributed by atoms with Gasteiger partial charge in [-0.1, -0.05) is 29.8 Å². The van der Waals surface area contributed by atoms with Crippen LogP contribution in [0.2, 0.25) is 0 Å². The van der Waals surface area contributed by atoms with Crippen molar-refractivity contribution in [1.82, 2.24) is 4.98 Å². The van der Waals surface area contributed by atoms with E-state index in [0.717, 1.165) is 11.3 Å². The van der Waals surface area contributed by atoms with Crippen LogP contribution in [0.25, 0.3) is 11.0 Å². The molecule has 6 heteroatoms. The maximum Gasteiger partial charge on any atom is 0.296 e. The second kappa shape index (κ2) is 6.56. The number of rotatable bonds is 2. The Kier molecular flexibility index (Phi) is 3.96. The Balaban J connectivity index is 1.84. The van der Waals surface area contributed by atoms with Gasteiger partial charge in [-0.15, -0.1) is 0 Å². The van der Waals surface area contributed by atoms with Crippen LogP contribution in [0.15, 0.2) is 69.9 Å². The molecule has 0 saturated heterocycles. The van der Waals surface area contributed by atoms with Crippen LogP contribution in [-0.4, -0.2) is 16.0 Å². The number of aromatic hydroxyl groups is 1. The summed E-state index contributed by atoms with van der Waals surface area (Å²) in [6.45, 7) is 3.73. The van der Waals surface area contributed by atoms with E-state index >= 15 is 0 Å². The van der Waals surface area contributed by atoms with Crippen LogP contribution >= 0.6 is 0 Å². The predicted molar refractivity (Wildman–Crippen MR) is 113 cm³/mol. The lowest BCUT2D eigenvalue weighted by molar-refractivity contribution is 0.0970. The highest BCUT2D eigenvalue weighted by Crippen LogP contribution is 2.41. The van der Waals surface area contributed by atoms with Crippen molar-refractivity contribution in [2.24, 2.45) is 0 Å². The number of amides is 1. The van der Waals surface area contributed by atoms with Crippen LogP contribution < -0.4 is 10.3 Å². The molecule has 1 aliphatic heterocycles. The number of aryl methyl sites for hydroxylation is 2. The van der Waals surface area contributed by atoms with Crippen LogP contribution in [0.3, 0.4) is 0 Å². The average Bonchev–Trinajstić information content (AvgIpc) is 3.01. The summed E-state index contributed by atoms with van der Waals surface area (Å²) in [5, 5.41) is 10.5. The quantitative estimate of drug-likeness (QED) is 0.545. The highest BCUT2D eigenvalue weighted by Gasteiger charge is 2.44. The summed E-state index contributed by atoms with van der Waals surface area (Å²) in [5.41, 5.74) is 2.63. The Morgan fingerprint density at radius 2 is 1.80 bits per heavy atom. The number of nitrogens with zero attached hydrogens (tertiary/aromatic N) is 2. The number of hydrogen-bond acceptors (Lipinski definition) is 5. The average molecular weight is 398 g/mol. The topological polar surface area (TPSA) is 83.6 Å². The van der Waals surface area contributed by atoms with Gasteiger partial charge in [-0.2, -0.15) is 0 Å². The molecule has 6 nitrogen and oxygen atoms in total. The number of hydrogen-bond donors (Lipinski definition) is 1. The number of pyridine rings is 1. The van der Waals surface area contributed by atoms with Gasteiger partial charge >= 0.3 is 0 Å². The van der Waals surface area contributed by atoms with Gasteiger partial charge in [0, 0.05) is 5.69 Å². The fourth-order valence-electron chi connectivity index (χ4n) is 4.00. The van der Waals surface area contributed by atoms with Crippen molar-refractivity contribution in [2.75, 3.05) is 4.90 Å². The normalized spacial score (nSPS) is 15.6. The molecule has 5 rings (SSSR count).